The molecule has 1 aromatic heterocycles. The minimum absolute atomic E-state index is 0.243. The fraction of sp³-hybridized carbons (Fsp3) is 0.500. The molecular formula is C10H14N2O. The minimum atomic E-state index is 0.243. The highest BCUT2D eigenvalue weighted by molar-refractivity contribution is 5.55. The lowest BCUT2D eigenvalue weighted by molar-refractivity contribution is 0.179. The van der Waals surface area contributed by atoms with Gasteiger partial charge >= 0.3 is 0 Å². The second-order valence-electron chi connectivity index (χ2n) is 3.78. The molecule has 13 heavy (non-hydrogen) atoms. The van der Waals surface area contributed by atoms with Crippen molar-refractivity contribution in [2.75, 3.05) is 5.73 Å². The van der Waals surface area contributed by atoms with E-state index in [-0.39, 0.29) is 6.10 Å². The highest BCUT2D eigenvalue weighted by atomic mass is 16.5. The van der Waals surface area contributed by atoms with Crippen LogP contribution in [0.4, 0.5) is 5.69 Å². The fourth-order valence-corrected chi connectivity index (χ4v) is 1.55. The Labute approximate surface area is 77.9 Å². The standard InChI is InChI=1S/C10H14N2O/c1-6(2)9-5-8-10(13-9)7(11)3-4-12-8/h3-4,6,9H,5H2,1-2H3,(H2,11,12). The third kappa shape index (κ3) is 1.34. The Hall–Kier alpha value is -1.25. The summed E-state index contributed by atoms with van der Waals surface area (Å²) in [5.41, 5.74) is 7.47. The molecule has 3 nitrogen and oxygen atoms in total. The van der Waals surface area contributed by atoms with Crippen LogP contribution in [0.5, 0.6) is 5.75 Å². The van der Waals surface area contributed by atoms with E-state index in [4.69, 9.17) is 10.5 Å². The van der Waals surface area contributed by atoms with Crippen molar-refractivity contribution in [3.63, 3.8) is 0 Å². The first-order valence-electron chi connectivity index (χ1n) is 4.58. The minimum Gasteiger partial charge on any atom is -0.486 e. The molecule has 1 unspecified atom stereocenters. The summed E-state index contributed by atoms with van der Waals surface area (Å²) >= 11 is 0. The van der Waals surface area contributed by atoms with E-state index in [2.05, 4.69) is 18.8 Å². The molecule has 0 saturated heterocycles. The van der Waals surface area contributed by atoms with E-state index < -0.39 is 0 Å². The van der Waals surface area contributed by atoms with E-state index in [9.17, 15) is 0 Å². The van der Waals surface area contributed by atoms with Gasteiger partial charge in [0.25, 0.3) is 0 Å². The third-order valence-electron chi connectivity index (χ3n) is 2.42. The summed E-state index contributed by atoms with van der Waals surface area (Å²) in [6.45, 7) is 4.29. The second-order valence-corrected chi connectivity index (χ2v) is 3.78. The summed E-state index contributed by atoms with van der Waals surface area (Å²) in [6.07, 6.45) is 2.87. The maximum Gasteiger partial charge on any atom is 0.164 e. The van der Waals surface area contributed by atoms with Crippen LogP contribution in [0, 0.1) is 5.92 Å². The van der Waals surface area contributed by atoms with Crippen molar-refractivity contribution < 1.29 is 4.74 Å². The number of aromatic nitrogens is 1. The summed E-state index contributed by atoms with van der Waals surface area (Å²) in [6, 6.07) is 1.78. The van der Waals surface area contributed by atoms with Gasteiger partial charge < -0.3 is 10.5 Å². The molecule has 0 saturated carbocycles. The number of hydrogen-bond acceptors (Lipinski definition) is 3. The maximum atomic E-state index is 5.77. The smallest absolute Gasteiger partial charge is 0.164 e. The van der Waals surface area contributed by atoms with Crippen molar-refractivity contribution in [2.45, 2.75) is 26.4 Å². The van der Waals surface area contributed by atoms with Gasteiger partial charge in [0.1, 0.15) is 6.10 Å². The molecule has 2 rings (SSSR count). The highest BCUT2D eigenvalue weighted by Gasteiger charge is 2.27. The quantitative estimate of drug-likeness (QED) is 0.711. The molecule has 0 aromatic carbocycles. The van der Waals surface area contributed by atoms with E-state index in [0.29, 0.717) is 11.6 Å². The molecule has 1 aliphatic heterocycles. The first kappa shape index (κ1) is 8.35. The molecule has 1 aromatic rings. The van der Waals surface area contributed by atoms with Gasteiger partial charge in [0.2, 0.25) is 0 Å². The molecule has 0 bridgehead atoms. The summed E-state index contributed by atoms with van der Waals surface area (Å²) in [4.78, 5) is 4.25. The molecule has 1 aliphatic rings. The van der Waals surface area contributed by atoms with Gasteiger partial charge in [-0.25, -0.2) is 0 Å². The van der Waals surface area contributed by atoms with Crippen molar-refractivity contribution in [1.29, 1.82) is 0 Å². The molecule has 1 atom stereocenters. The predicted octanol–water partition coefficient (Wildman–Crippen LogP) is 1.62. The molecule has 3 heteroatoms. The lowest BCUT2D eigenvalue weighted by Gasteiger charge is -2.13. The number of fused-ring (bicyclic) bond motifs is 1. The lowest BCUT2D eigenvalue weighted by atomic mass is 10.0. The second kappa shape index (κ2) is 2.91. The molecule has 0 radical (unpaired) electrons. The van der Waals surface area contributed by atoms with Gasteiger partial charge in [0, 0.05) is 12.6 Å². The SMILES string of the molecule is CC(C)C1Cc2nccc(N)c2O1. The first-order valence-corrected chi connectivity index (χ1v) is 4.58. The van der Waals surface area contributed by atoms with Crippen molar-refractivity contribution in [1.82, 2.24) is 4.98 Å². The third-order valence-corrected chi connectivity index (χ3v) is 2.42. The van der Waals surface area contributed by atoms with Crippen LogP contribution in [0.15, 0.2) is 12.3 Å². The number of pyridine rings is 1. The molecule has 0 fully saturated rings. The van der Waals surface area contributed by atoms with Crippen LogP contribution in [0.25, 0.3) is 0 Å². The average Bonchev–Trinajstić information content (AvgIpc) is 2.49. The van der Waals surface area contributed by atoms with Crippen LogP contribution in [0.1, 0.15) is 19.5 Å². The van der Waals surface area contributed by atoms with Gasteiger partial charge in [-0.15, -0.1) is 0 Å². The van der Waals surface area contributed by atoms with Gasteiger partial charge in [-0.2, -0.15) is 0 Å². The summed E-state index contributed by atoms with van der Waals surface area (Å²) < 4.78 is 5.71. The van der Waals surface area contributed by atoms with Crippen molar-refractivity contribution in [3.8, 4) is 5.75 Å². The zero-order chi connectivity index (χ0) is 9.42. The topological polar surface area (TPSA) is 48.1 Å². The number of rotatable bonds is 1. The van der Waals surface area contributed by atoms with Crippen molar-refractivity contribution >= 4 is 5.69 Å². The van der Waals surface area contributed by atoms with Gasteiger partial charge in [-0.3, -0.25) is 4.98 Å². The molecular weight excluding hydrogens is 164 g/mol. The Balaban J connectivity index is 2.30. The number of hydrogen-bond donors (Lipinski definition) is 1. The summed E-state index contributed by atoms with van der Waals surface area (Å²) in [7, 11) is 0. The monoisotopic (exact) mass is 178 g/mol. The van der Waals surface area contributed by atoms with Crippen LogP contribution < -0.4 is 10.5 Å². The van der Waals surface area contributed by atoms with Crippen LogP contribution in [0.3, 0.4) is 0 Å². The molecule has 0 spiro atoms. The molecule has 0 amide bonds. The predicted molar refractivity (Wildman–Crippen MR) is 51.6 cm³/mol. The van der Waals surface area contributed by atoms with E-state index >= 15 is 0 Å². The molecule has 2 heterocycles. The number of nitrogen functional groups attached to an aromatic ring is 1. The number of nitrogens with two attached hydrogens (primary N) is 1. The highest BCUT2D eigenvalue weighted by Crippen LogP contribution is 2.34. The zero-order valence-corrected chi connectivity index (χ0v) is 7.95. The van der Waals surface area contributed by atoms with Crippen LogP contribution in [-0.2, 0) is 6.42 Å². The average molecular weight is 178 g/mol. The summed E-state index contributed by atoms with van der Waals surface area (Å²) in [5, 5.41) is 0. The first-order chi connectivity index (χ1) is 6.18. The Morgan fingerprint density at radius 3 is 3.00 bits per heavy atom. The van der Waals surface area contributed by atoms with Gasteiger partial charge in [-0.1, -0.05) is 13.8 Å². The Morgan fingerprint density at radius 1 is 1.62 bits per heavy atom. The lowest BCUT2D eigenvalue weighted by Crippen LogP contribution is -2.20. The molecule has 2 N–H and O–H groups in total. The van der Waals surface area contributed by atoms with Crippen LogP contribution in [-0.4, -0.2) is 11.1 Å². The van der Waals surface area contributed by atoms with Gasteiger partial charge in [-0.05, 0) is 12.0 Å². The van der Waals surface area contributed by atoms with Crippen molar-refractivity contribution in [3.05, 3.63) is 18.0 Å². The fourth-order valence-electron chi connectivity index (χ4n) is 1.55. The Bertz CT molecular complexity index is 323. The normalized spacial score (nSPS) is 20.1. The van der Waals surface area contributed by atoms with E-state index in [0.717, 1.165) is 17.9 Å². The van der Waals surface area contributed by atoms with Crippen LogP contribution >= 0.6 is 0 Å². The summed E-state index contributed by atoms with van der Waals surface area (Å²) in [5.74, 6) is 1.30. The van der Waals surface area contributed by atoms with Crippen molar-refractivity contribution in [2.24, 2.45) is 5.92 Å². The van der Waals surface area contributed by atoms with Crippen LogP contribution in [0.2, 0.25) is 0 Å². The molecule has 70 valence electrons. The van der Waals surface area contributed by atoms with Gasteiger partial charge in [0.15, 0.2) is 5.75 Å². The Morgan fingerprint density at radius 2 is 2.38 bits per heavy atom. The largest absolute Gasteiger partial charge is 0.486 e. The zero-order valence-electron chi connectivity index (χ0n) is 7.95. The number of anilines is 1. The molecule has 0 aliphatic carbocycles. The Kier molecular flexibility index (Phi) is 1.87. The van der Waals surface area contributed by atoms with E-state index in [1.807, 2.05) is 0 Å². The van der Waals surface area contributed by atoms with E-state index in [1.54, 1.807) is 12.3 Å². The number of nitrogens with zero attached hydrogens (tertiary/aromatic N) is 1. The van der Waals surface area contributed by atoms with Gasteiger partial charge in [0.05, 0.1) is 11.4 Å². The maximum absolute atomic E-state index is 5.77. The number of ether oxygens (including phenoxy) is 1. The van der Waals surface area contributed by atoms with E-state index in [1.165, 1.54) is 0 Å².